The zero-order valence-corrected chi connectivity index (χ0v) is 11.4. The summed E-state index contributed by atoms with van der Waals surface area (Å²) in [5.41, 5.74) is -0.0165. The zero-order chi connectivity index (χ0) is 14.5. The number of nitrogens with zero attached hydrogens (tertiary/aromatic N) is 1. The quantitative estimate of drug-likeness (QED) is 0.825. The molecule has 7 heteroatoms. The summed E-state index contributed by atoms with van der Waals surface area (Å²) in [6.07, 6.45) is 4.41. The van der Waals surface area contributed by atoms with E-state index in [0.717, 1.165) is 0 Å². The third-order valence-corrected chi connectivity index (χ3v) is 3.44. The zero-order valence-electron chi connectivity index (χ0n) is 10.6. The van der Waals surface area contributed by atoms with Crippen LogP contribution in [0.3, 0.4) is 0 Å². The molecule has 0 saturated carbocycles. The fourth-order valence-electron chi connectivity index (χ4n) is 1.45. The van der Waals surface area contributed by atoms with Crippen molar-refractivity contribution in [2.75, 3.05) is 0 Å². The van der Waals surface area contributed by atoms with Crippen molar-refractivity contribution >= 4 is 29.3 Å². The third-order valence-electron chi connectivity index (χ3n) is 2.41. The van der Waals surface area contributed by atoms with Gasteiger partial charge in [-0.3, -0.25) is 4.79 Å². The van der Waals surface area contributed by atoms with Crippen molar-refractivity contribution in [3.63, 3.8) is 0 Å². The summed E-state index contributed by atoms with van der Waals surface area (Å²) in [6, 6.07) is 3.10. The van der Waals surface area contributed by atoms with Crippen molar-refractivity contribution in [3.05, 3.63) is 46.3 Å². The SMILES string of the molecule is CC(NC(=O)C=Cc1ccco1)c1nc(C(=O)O)cs1. The topological polar surface area (TPSA) is 92.4 Å². The number of aromatic carboxylic acids is 1. The molecule has 2 aromatic rings. The van der Waals surface area contributed by atoms with Crippen molar-refractivity contribution in [1.82, 2.24) is 10.3 Å². The van der Waals surface area contributed by atoms with Gasteiger partial charge in [0.2, 0.25) is 5.91 Å². The van der Waals surface area contributed by atoms with Crippen LogP contribution in [0.5, 0.6) is 0 Å². The molecule has 2 N–H and O–H groups in total. The average Bonchev–Trinajstić information content (AvgIpc) is 3.07. The van der Waals surface area contributed by atoms with Gasteiger partial charge in [0.05, 0.1) is 12.3 Å². The van der Waals surface area contributed by atoms with Gasteiger partial charge in [0.25, 0.3) is 0 Å². The fourth-order valence-corrected chi connectivity index (χ4v) is 2.25. The second-order valence-corrected chi connectivity index (χ2v) is 4.84. The highest BCUT2D eigenvalue weighted by atomic mass is 32.1. The highest BCUT2D eigenvalue weighted by Gasteiger charge is 2.14. The number of nitrogens with one attached hydrogen (secondary N) is 1. The lowest BCUT2D eigenvalue weighted by Gasteiger charge is -2.08. The van der Waals surface area contributed by atoms with E-state index >= 15 is 0 Å². The normalized spacial score (nSPS) is 12.4. The van der Waals surface area contributed by atoms with Gasteiger partial charge >= 0.3 is 5.97 Å². The molecule has 1 unspecified atom stereocenters. The van der Waals surface area contributed by atoms with Crippen LogP contribution in [0.25, 0.3) is 6.08 Å². The Bertz CT molecular complexity index is 631. The van der Waals surface area contributed by atoms with E-state index in [1.165, 1.54) is 29.1 Å². The summed E-state index contributed by atoms with van der Waals surface area (Å²) >= 11 is 1.19. The van der Waals surface area contributed by atoms with Gasteiger partial charge in [-0.15, -0.1) is 11.3 Å². The fraction of sp³-hybridized carbons (Fsp3) is 0.154. The molecular weight excluding hydrogens is 280 g/mol. The predicted molar refractivity (Wildman–Crippen MR) is 73.4 cm³/mol. The molecule has 1 amide bonds. The molecule has 0 aromatic carbocycles. The first kappa shape index (κ1) is 14.0. The van der Waals surface area contributed by atoms with Gasteiger partial charge in [0, 0.05) is 11.5 Å². The lowest BCUT2D eigenvalue weighted by atomic mass is 10.3. The van der Waals surface area contributed by atoms with E-state index < -0.39 is 5.97 Å². The number of rotatable bonds is 5. The van der Waals surface area contributed by atoms with Crippen LogP contribution in [0.4, 0.5) is 0 Å². The number of thiazole rings is 1. The first-order valence-corrected chi connectivity index (χ1v) is 6.65. The van der Waals surface area contributed by atoms with Gasteiger partial charge in [0.15, 0.2) is 5.69 Å². The molecule has 2 rings (SSSR count). The highest BCUT2D eigenvalue weighted by Crippen LogP contribution is 2.18. The first-order valence-electron chi connectivity index (χ1n) is 5.77. The van der Waals surface area contributed by atoms with E-state index in [1.54, 1.807) is 25.1 Å². The summed E-state index contributed by atoms with van der Waals surface area (Å²) in [5, 5.41) is 13.5. The van der Waals surface area contributed by atoms with Crippen LogP contribution in [-0.2, 0) is 4.79 Å². The van der Waals surface area contributed by atoms with Crippen molar-refractivity contribution in [2.45, 2.75) is 13.0 Å². The second kappa shape index (κ2) is 6.16. The Morgan fingerprint density at radius 1 is 1.55 bits per heavy atom. The number of furan rings is 1. The molecule has 20 heavy (non-hydrogen) atoms. The summed E-state index contributed by atoms with van der Waals surface area (Å²) in [6.45, 7) is 1.74. The molecule has 1 atom stereocenters. The molecule has 0 aliphatic carbocycles. The number of carbonyl (C=O) groups excluding carboxylic acids is 1. The highest BCUT2D eigenvalue weighted by molar-refractivity contribution is 7.09. The minimum atomic E-state index is -1.08. The van der Waals surface area contributed by atoms with E-state index in [-0.39, 0.29) is 17.6 Å². The van der Waals surface area contributed by atoms with Crippen LogP contribution >= 0.6 is 11.3 Å². The van der Waals surface area contributed by atoms with Crippen LogP contribution < -0.4 is 5.32 Å². The Morgan fingerprint density at radius 2 is 2.35 bits per heavy atom. The lowest BCUT2D eigenvalue weighted by molar-refractivity contribution is -0.117. The molecule has 0 fully saturated rings. The molecule has 0 bridgehead atoms. The summed E-state index contributed by atoms with van der Waals surface area (Å²) in [4.78, 5) is 26.3. The molecule has 0 radical (unpaired) electrons. The van der Waals surface area contributed by atoms with Crippen LogP contribution in [0.2, 0.25) is 0 Å². The number of hydrogen-bond acceptors (Lipinski definition) is 5. The number of amides is 1. The van der Waals surface area contributed by atoms with Crippen LogP contribution in [0.1, 0.15) is 34.2 Å². The van der Waals surface area contributed by atoms with Crippen LogP contribution in [-0.4, -0.2) is 22.0 Å². The Kier molecular flexibility index (Phi) is 4.31. The van der Waals surface area contributed by atoms with Gasteiger partial charge in [-0.05, 0) is 25.1 Å². The van der Waals surface area contributed by atoms with Gasteiger partial charge in [0.1, 0.15) is 10.8 Å². The maximum absolute atomic E-state index is 11.7. The largest absolute Gasteiger partial charge is 0.476 e. The van der Waals surface area contributed by atoms with Gasteiger partial charge in [-0.1, -0.05) is 0 Å². The van der Waals surface area contributed by atoms with Crippen molar-refractivity contribution in [1.29, 1.82) is 0 Å². The van der Waals surface area contributed by atoms with Crippen LogP contribution in [0, 0.1) is 0 Å². The molecule has 0 aliphatic rings. The summed E-state index contributed by atoms with van der Waals surface area (Å²) < 4.78 is 5.06. The number of carbonyl (C=O) groups is 2. The molecule has 2 aromatic heterocycles. The molecular formula is C13H12N2O4S. The van der Waals surface area contributed by atoms with Crippen molar-refractivity contribution in [3.8, 4) is 0 Å². The number of carboxylic acid groups (broad SMARTS) is 1. The summed E-state index contributed by atoms with van der Waals surface area (Å²) in [7, 11) is 0. The van der Waals surface area contributed by atoms with E-state index in [9.17, 15) is 9.59 Å². The Hall–Kier alpha value is -2.41. The average molecular weight is 292 g/mol. The van der Waals surface area contributed by atoms with Crippen molar-refractivity contribution in [2.24, 2.45) is 0 Å². The minimum Gasteiger partial charge on any atom is -0.476 e. The second-order valence-electron chi connectivity index (χ2n) is 3.96. The van der Waals surface area contributed by atoms with Crippen molar-refractivity contribution < 1.29 is 19.1 Å². The van der Waals surface area contributed by atoms with E-state index in [4.69, 9.17) is 9.52 Å². The van der Waals surface area contributed by atoms with Gasteiger partial charge in [-0.2, -0.15) is 0 Å². The van der Waals surface area contributed by atoms with E-state index in [1.807, 2.05) is 0 Å². The maximum atomic E-state index is 11.7. The molecule has 6 nitrogen and oxygen atoms in total. The summed E-state index contributed by atoms with van der Waals surface area (Å²) in [5.74, 6) is -0.806. The standard InChI is InChI=1S/C13H12N2O4S/c1-8(12-15-10(7-20-12)13(17)18)14-11(16)5-4-9-3-2-6-19-9/h2-8H,1H3,(H,14,16)(H,17,18). The Labute approximate surface area is 118 Å². The molecule has 2 heterocycles. The van der Waals surface area contributed by atoms with E-state index in [2.05, 4.69) is 10.3 Å². The predicted octanol–water partition coefficient (Wildman–Crippen LogP) is 2.32. The van der Waals surface area contributed by atoms with Gasteiger partial charge in [-0.25, -0.2) is 9.78 Å². The monoisotopic (exact) mass is 292 g/mol. The Morgan fingerprint density at radius 3 is 2.95 bits per heavy atom. The lowest BCUT2D eigenvalue weighted by Crippen LogP contribution is -2.24. The van der Waals surface area contributed by atoms with Gasteiger partial charge < -0.3 is 14.8 Å². The number of hydrogen-bond donors (Lipinski definition) is 2. The molecule has 0 aliphatic heterocycles. The first-order chi connectivity index (χ1) is 9.56. The third kappa shape index (κ3) is 3.55. The molecule has 0 spiro atoms. The molecule has 104 valence electrons. The smallest absolute Gasteiger partial charge is 0.355 e. The number of aromatic nitrogens is 1. The molecule has 0 saturated heterocycles. The Balaban J connectivity index is 1.94. The van der Waals surface area contributed by atoms with Crippen LogP contribution in [0.15, 0.2) is 34.3 Å². The minimum absolute atomic E-state index is 0.0165. The van der Waals surface area contributed by atoms with E-state index in [0.29, 0.717) is 10.8 Å². The maximum Gasteiger partial charge on any atom is 0.355 e. The number of carboxylic acids is 1.